The molecular weight excluding hydrogens is 276 g/mol. The van der Waals surface area contributed by atoms with Crippen LogP contribution in [0.2, 0.25) is 0 Å². The second-order valence-corrected chi connectivity index (χ2v) is 6.30. The molecule has 7 heteroatoms. The lowest BCUT2D eigenvalue weighted by Gasteiger charge is -2.14. The van der Waals surface area contributed by atoms with E-state index < -0.39 is 6.04 Å². The first kappa shape index (κ1) is 16.6. The smallest absolute Gasteiger partial charge is 0.239 e. The van der Waals surface area contributed by atoms with Crippen molar-refractivity contribution in [1.29, 1.82) is 0 Å². The molecule has 112 valence electrons. The molecule has 1 heterocycles. The molecule has 4 N–H and O–H groups in total. The molecular formula is C13H22N4O2S. The molecule has 0 radical (unpaired) electrons. The predicted octanol–water partition coefficient (Wildman–Crippen LogP) is 0.476. The zero-order valence-electron chi connectivity index (χ0n) is 12.3. The fraction of sp³-hybridized carbons (Fsp3) is 0.615. The summed E-state index contributed by atoms with van der Waals surface area (Å²) in [4.78, 5) is 28.7. The Morgan fingerprint density at radius 1 is 1.30 bits per heavy atom. The highest BCUT2D eigenvalue weighted by molar-refractivity contribution is 7.11. The number of amides is 2. The third kappa shape index (κ3) is 4.90. The van der Waals surface area contributed by atoms with Crippen molar-refractivity contribution in [3.05, 3.63) is 15.6 Å². The summed E-state index contributed by atoms with van der Waals surface area (Å²) >= 11 is 1.56. The molecule has 0 unspecified atom stereocenters. The first-order valence-electron chi connectivity index (χ1n) is 6.54. The molecule has 20 heavy (non-hydrogen) atoms. The lowest BCUT2D eigenvalue weighted by molar-refractivity contribution is -0.127. The fourth-order valence-electron chi connectivity index (χ4n) is 1.44. The van der Waals surface area contributed by atoms with Gasteiger partial charge >= 0.3 is 0 Å². The van der Waals surface area contributed by atoms with Crippen molar-refractivity contribution in [1.82, 2.24) is 15.6 Å². The molecule has 0 bridgehead atoms. The number of thiazole rings is 1. The second kappa shape index (κ2) is 7.35. The molecule has 1 rings (SSSR count). The maximum absolute atomic E-state index is 11.6. The largest absolute Gasteiger partial charge is 0.348 e. The van der Waals surface area contributed by atoms with Crippen molar-refractivity contribution >= 4 is 23.2 Å². The van der Waals surface area contributed by atoms with Crippen molar-refractivity contribution in [3.8, 4) is 0 Å². The van der Waals surface area contributed by atoms with Gasteiger partial charge in [-0.3, -0.25) is 9.59 Å². The van der Waals surface area contributed by atoms with E-state index >= 15 is 0 Å². The molecule has 1 atom stereocenters. The minimum Gasteiger partial charge on any atom is -0.348 e. The number of carbonyl (C=O) groups excluding carboxylic acids is 2. The molecule has 0 saturated carbocycles. The Hall–Kier alpha value is -1.47. The highest BCUT2D eigenvalue weighted by Crippen LogP contribution is 2.15. The van der Waals surface area contributed by atoms with Crippen LogP contribution in [0, 0.1) is 19.8 Å². The van der Waals surface area contributed by atoms with Gasteiger partial charge in [0, 0.05) is 4.88 Å². The van der Waals surface area contributed by atoms with Crippen LogP contribution in [-0.2, 0) is 16.1 Å². The number of carbonyl (C=O) groups is 2. The molecule has 1 aromatic rings. The highest BCUT2D eigenvalue weighted by atomic mass is 32.1. The van der Waals surface area contributed by atoms with Gasteiger partial charge in [0.2, 0.25) is 11.8 Å². The van der Waals surface area contributed by atoms with E-state index in [1.54, 1.807) is 11.3 Å². The first-order chi connectivity index (χ1) is 9.31. The van der Waals surface area contributed by atoms with Crippen LogP contribution in [0.3, 0.4) is 0 Å². The van der Waals surface area contributed by atoms with Crippen LogP contribution in [0.15, 0.2) is 0 Å². The molecule has 0 aromatic carbocycles. The average Bonchev–Trinajstić information content (AvgIpc) is 2.71. The third-order valence-corrected chi connectivity index (χ3v) is 4.03. The summed E-state index contributed by atoms with van der Waals surface area (Å²) in [6.07, 6.45) is 0. The molecule has 0 aliphatic carbocycles. The van der Waals surface area contributed by atoms with E-state index in [1.165, 1.54) is 0 Å². The first-order valence-corrected chi connectivity index (χ1v) is 7.35. The summed E-state index contributed by atoms with van der Waals surface area (Å²) < 4.78 is 0. The number of nitrogens with two attached hydrogens (primary N) is 1. The van der Waals surface area contributed by atoms with Crippen molar-refractivity contribution in [2.24, 2.45) is 11.7 Å². The Kier molecular flexibility index (Phi) is 6.09. The summed E-state index contributed by atoms with van der Waals surface area (Å²) in [5, 5.41) is 6.10. The minimum atomic E-state index is -0.591. The zero-order chi connectivity index (χ0) is 15.3. The summed E-state index contributed by atoms with van der Waals surface area (Å²) in [7, 11) is 0. The quantitative estimate of drug-likeness (QED) is 0.711. The third-order valence-electron chi connectivity index (χ3n) is 2.95. The Labute approximate surface area is 123 Å². The number of aromatic nitrogens is 1. The molecule has 0 spiro atoms. The van der Waals surface area contributed by atoms with Gasteiger partial charge in [-0.1, -0.05) is 13.8 Å². The van der Waals surface area contributed by atoms with E-state index in [0.717, 1.165) is 15.6 Å². The lowest BCUT2D eigenvalue weighted by atomic mass is 10.1. The van der Waals surface area contributed by atoms with Gasteiger partial charge in [-0.2, -0.15) is 0 Å². The lowest BCUT2D eigenvalue weighted by Crippen LogP contribution is -2.47. The monoisotopic (exact) mass is 298 g/mol. The van der Waals surface area contributed by atoms with Crippen LogP contribution in [0.1, 0.15) is 29.4 Å². The Morgan fingerprint density at radius 2 is 1.95 bits per heavy atom. The van der Waals surface area contributed by atoms with Crippen molar-refractivity contribution < 1.29 is 9.59 Å². The molecule has 0 aliphatic heterocycles. The van der Waals surface area contributed by atoms with Gasteiger partial charge in [-0.25, -0.2) is 4.98 Å². The van der Waals surface area contributed by atoms with Crippen LogP contribution in [-0.4, -0.2) is 29.4 Å². The van der Waals surface area contributed by atoms with Gasteiger partial charge in [0.15, 0.2) is 0 Å². The van der Waals surface area contributed by atoms with E-state index in [-0.39, 0.29) is 24.3 Å². The predicted molar refractivity (Wildman–Crippen MR) is 79.3 cm³/mol. The summed E-state index contributed by atoms with van der Waals surface area (Å²) in [6.45, 7) is 7.96. The van der Waals surface area contributed by atoms with Gasteiger partial charge in [0.05, 0.1) is 24.8 Å². The van der Waals surface area contributed by atoms with E-state index in [1.807, 2.05) is 27.7 Å². The average molecular weight is 298 g/mol. The van der Waals surface area contributed by atoms with Gasteiger partial charge in [0.1, 0.15) is 5.01 Å². The van der Waals surface area contributed by atoms with E-state index in [4.69, 9.17) is 5.73 Å². The summed E-state index contributed by atoms with van der Waals surface area (Å²) in [5.41, 5.74) is 6.66. The maximum Gasteiger partial charge on any atom is 0.239 e. The Morgan fingerprint density at radius 3 is 2.45 bits per heavy atom. The number of hydrogen-bond acceptors (Lipinski definition) is 5. The second-order valence-electron chi connectivity index (χ2n) is 5.01. The van der Waals surface area contributed by atoms with Crippen LogP contribution in [0.5, 0.6) is 0 Å². The highest BCUT2D eigenvalue weighted by Gasteiger charge is 2.17. The van der Waals surface area contributed by atoms with Crippen molar-refractivity contribution in [2.45, 2.75) is 40.3 Å². The molecule has 6 nitrogen and oxygen atoms in total. The number of aryl methyl sites for hydroxylation is 2. The van der Waals surface area contributed by atoms with Crippen LogP contribution < -0.4 is 16.4 Å². The maximum atomic E-state index is 11.6. The number of nitrogens with zero attached hydrogens (tertiary/aromatic N) is 1. The zero-order valence-corrected chi connectivity index (χ0v) is 13.1. The van der Waals surface area contributed by atoms with Gasteiger partial charge in [0.25, 0.3) is 0 Å². The molecule has 2 amide bonds. The number of rotatable bonds is 6. The summed E-state index contributed by atoms with van der Waals surface area (Å²) in [5.74, 6) is -0.518. The molecule has 0 saturated heterocycles. The van der Waals surface area contributed by atoms with E-state index in [9.17, 15) is 9.59 Å². The minimum absolute atomic E-state index is 0.0410. The van der Waals surface area contributed by atoms with Gasteiger partial charge in [-0.15, -0.1) is 11.3 Å². The Balaban J connectivity index is 2.32. The van der Waals surface area contributed by atoms with Crippen molar-refractivity contribution in [3.63, 3.8) is 0 Å². The van der Waals surface area contributed by atoms with Crippen LogP contribution in [0.4, 0.5) is 0 Å². The Bertz CT molecular complexity index is 465. The SMILES string of the molecule is Cc1nc(CNC(=O)CNC(=O)[C@@H](N)C(C)C)sc1C. The van der Waals surface area contributed by atoms with E-state index in [0.29, 0.717) is 6.54 Å². The molecule has 0 aliphatic rings. The summed E-state index contributed by atoms with van der Waals surface area (Å²) in [6, 6.07) is -0.591. The number of nitrogens with one attached hydrogen (secondary N) is 2. The van der Waals surface area contributed by atoms with Crippen LogP contribution in [0.25, 0.3) is 0 Å². The molecule has 0 fully saturated rings. The number of hydrogen-bond donors (Lipinski definition) is 3. The fourth-order valence-corrected chi connectivity index (χ4v) is 2.31. The molecule has 1 aromatic heterocycles. The van der Waals surface area contributed by atoms with E-state index in [2.05, 4.69) is 15.6 Å². The topological polar surface area (TPSA) is 97.1 Å². The van der Waals surface area contributed by atoms with Crippen molar-refractivity contribution in [2.75, 3.05) is 6.54 Å². The normalized spacial score (nSPS) is 12.3. The van der Waals surface area contributed by atoms with Gasteiger partial charge in [-0.05, 0) is 19.8 Å². The van der Waals surface area contributed by atoms with Gasteiger partial charge < -0.3 is 16.4 Å². The standard InChI is InChI=1S/C13H22N4O2S/c1-7(2)12(14)13(19)16-5-10(18)15-6-11-17-8(3)9(4)20-11/h7,12H,5-6,14H2,1-4H3,(H,15,18)(H,16,19)/t12-/m0/s1. The van der Waals surface area contributed by atoms with Crippen LogP contribution >= 0.6 is 11.3 Å².